The molecule has 2 N–H and O–H groups in total. The van der Waals surface area contributed by atoms with Crippen molar-refractivity contribution in [3.8, 4) is 11.1 Å². The molecule has 7 nitrogen and oxygen atoms in total. The van der Waals surface area contributed by atoms with Crippen molar-refractivity contribution in [3.63, 3.8) is 0 Å². The lowest BCUT2D eigenvalue weighted by Crippen LogP contribution is -2.32. The molecule has 1 saturated heterocycles. The van der Waals surface area contributed by atoms with E-state index < -0.39 is 46.8 Å². The van der Waals surface area contributed by atoms with Gasteiger partial charge in [0.05, 0.1) is 31.7 Å². The third kappa shape index (κ3) is 7.34. The predicted molar refractivity (Wildman–Crippen MR) is 170 cm³/mol. The number of carbonyl (C=O) groups is 1. The first-order chi connectivity index (χ1) is 23.5. The number of carbonyl (C=O) groups excluding carboxylic acids is 1. The number of aliphatic hydroxyl groups is 1. The Morgan fingerprint density at radius 1 is 0.837 bits per heavy atom. The van der Waals surface area contributed by atoms with Crippen molar-refractivity contribution in [2.75, 3.05) is 0 Å². The number of benzene rings is 4. The van der Waals surface area contributed by atoms with Gasteiger partial charge < -0.3 is 24.5 Å². The fourth-order valence-electron chi connectivity index (χ4n) is 5.49. The van der Waals surface area contributed by atoms with Gasteiger partial charge in [-0.3, -0.25) is 4.79 Å². The van der Waals surface area contributed by atoms with Gasteiger partial charge in [0.2, 0.25) is 5.82 Å². The molecule has 4 aromatic carbocycles. The predicted octanol–water partition coefficient (Wildman–Crippen LogP) is 8.22. The number of hydrogen-bond donors (Lipinski definition) is 2. The van der Waals surface area contributed by atoms with Gasteiger partial charge >= 0.3 is 0 Å². The van der Waals surface area contributed by atoms with E-state index in [2.05, 4.69) is 10.3 Å². The number of rotatable bonds is 9. The molecule has 0 unspecified atom stereocenters. The topological polar surface area (TPSA) is 85.6 Å². The highest BCUT2D eigenvalue weighted by atomic mass is 35.5. The van der Waals surface area contributed by atoms with Crippen LogP contribution in [0.3, 0.4) is 0 Å². The van der Waals surface area contributed by atoms with E-state index >= 15 is 0 Å². The second-order valence-electron chi connectivity index (χ2n) is 11.3. The lowest BCUT2D eigenvalue weighted by atomic mass is 9.99. The van der Waals surface area contributed by atoms with Crippen molar-refractivity contribution in [3.05, 3.63) is 146 Å². The standard InChI is InChI=1S/C35H26Cl2F5N3O4/c36-32-33(37)45(17-44-32)15-24-13-25(21-6-4-18(16-46)5-7-21)49-35(48-24)22-10-8-20(9-11-22)23-3-1-2-19(12-23)14-43-34(47)26-27(38)29(40)31(42)30(41)28(26)39/h1-12,17,24-25,35,46H,13-16H2,(H,43,47)/t24-,25+,35+/m0/s1. The number of amides is 1. The van der Waals surface area contributed by atoms with E-state index in [-0.39, 0.29) is 30.5 Å². The van der Waals surface area contributed by atoms with Crippen molar-refractivity contribution in [2.24, 2.45) is 0 Å². The second kappa shape index (κ2) is 14.7. The maximum Gasteiger partial charge on any atom is 0.257 e. The lowest BCUT2D eigenvalue weighted by molar-refractivity contribution is -0.252. The summed E-state index contributed by atoms with van der Waals surface area (Å²) in [5.74, 6) is -12.6. The number of halogens is 7. The van der Waals surface area contributed by atoms with E-state index in [0.717, 1.165) is 27.8 Å². The highest BCUT2D eigenvalue weighted by molar-refractivity contribution is 6.40. The number of hydrogen-bond acceptors (Lipinski definition) is 5. The zero-order chi connectivity index (χ0) is 34.8. The number of aromatic nitrogens is 2. The maximum absolute atomic E-state index is 14.1. The maximum atomic E-state index is 14.1. The molecule has 1 aliphatic rings. The molecule has 2 heterocycles. The van der Waals surface area contributed by atoms with Crippen LogP contribution in [0.1, 0.15) is 51.4 Å². The fraction of sp³-hybridized carbons (Fsp3) is 0.200. The summed E-state index contributed by atoms with van der Waals surface area (Å²) in [7, 11) is 0. The van der Waals surface area contributed by atoms with Crippen LogP contribution in [0.5, 0.6) is 0 Å². The molecule has 0 aliphatic carbocycles. The molecule has 3 atom stereocenters. The summed E-state index contributed by atoms with van der Waals surface area (Å²) in [6.45, 7) is 0.0416. The van der Waals surface area contributed by atoms with Crippen molar-refractivity contribution in [2.45, 2.75) is 44.6 Å². The molecule has 0 spiro atoms. The summed E-state index contributed by atoms with van der Waals surface area (Å²) < 4.78 is 83.2. The average Bonchev–Trinajstić information content (AvgIpc) is 3.44. The van der Waals surface area contributed by atoms with Gasteiger partial charge in [-0.2, -0.15) is 0 Å². The number of ether oxygens (including phenoxy) is 2. The second-order valence-corrected chi connectivity index (χ2v) is 12.0. The summed E-state index contributed by atoms with van der Waals surface area (Å²) in [5, 5.41) is 12.1. The first-order valence-corrected chi connectivity index (χ1v) is 15.6. The Morgan fingerprint density at radius 2 is 1.49 bits per heavy atom. The number of nitrogens with one attached hydrogen (secondary N) is 1. The zero-order valence-corrected chi connectivity index (χ0v) is 26.8. The number of aliphatic hydroxyl groups excluding tert-OH is 1. The molecule has 1 amide bonds. The highest BCUT2D eigenvalue weighted by Crippen LogP contribution is 2.39. The van der Waals surface area contributed by atoms with Crippen molar-refractivity contribution in [1.82, 2.24) is 14.9 Å². The molecule has 0 bridgehead atoms. The molecule has 254 valence electrons. The van der Waals surface area contributed by atoms with Crippen LogP contribution in [0, 0.1) is 29.1 Å². The van der Waals surface area contributed by atoms with Crippen LogP contribution < -0.4 is 5.32 Å². The third-order valence-electron chi connectivity index (χ3n) is 8.08. The van der Waals surface area contributed by atoms with Gasteiger partial charge in [0, 0.05) is 18.5 Å². The number of nitrogens with zero attached hydrogens (tertiary/aromatic N) is 2. The third-order valence-corrected chi connectivity index (χ3v) is 8.85. The van der Waals surface area contributed by atoms with E-state index in [1.807, 2.05) is 48.5 Å². The van der Waals surface area contributed by atoms with E-state index in [1.54, 1.807) is 28.8 Å². The summed E-state index contributed by atoms with van der Waals surface area (Å²) in [6.07, 6.45) is 0.617. The molecule has 49 heavy (non-hydrogen) atoms. The number of imidazole rings is 1. The molecule has 0 saturated carbocycles. The van der Waals surface area contributed by atoms with Crippen molar-refractivity contribution < 1.29 is 41.3 Å². The Bertz CT molecular complexity index is 1960. The van der Waals surface area contributed by atoms with Crippen LogP contribution in [0.25, 0.3) is 11.1 Å². The molecule has 6 rings (SSSR count). The monoisotopic (exact) mass is 717 g/mol. The highest BCUT2D eigenvalue weighted by Gasteiger charge is 2.33. The van der Waals surface area contributed by atoms with E-state index in [4.69, 9.17) is 32.7 Å². The Balaban J connectivity index is 1.18. The Hall–Kier alpha value is -4.33. The molecule has 14 heteroatoms. The first-order valence-electron chi connectivity index (χ1n) is 14.9. The van der Waals surface area contributed by atoms with Crippen molar-refractivity contribution >= 4 is 29.1 Å². The minimum Gasteiger partial charge on any atom is -0.392 e. The molecule has 0 radical (unpaired) electrons. The SMILES string of the molecule is O=C(NCc1cccc(-c2ccc([C@@H]3O[C@H](Cn4cnc(Cl)c4Cl)C[C@H](c4ccc(CO)cc4)O3)cc2)c1)c1c(F)c(F)c(F)c(F)c1F. The van der Waals surface area contributed by atoms with Crippen LogP contribution in [0.15, 0.2) is 79.1 Å². The Morgan fingerprint density at radius 3 is 2.12 bits per heavy atom. The molecule has 1 fully saturated rings. The quantitative estimate of drug-likeness (QED) is 0.0912. The zero-order valence-electron chi connectivity index (χ0n) is 25.3. The van der Waals surface area contributed by atoms with Gasteiger partial charge in [0.1, 0.15) is 10.7 Å². The minimum absolute atomic E-state index is 0.0810. The largest absolute Gasteiger partial charge is 0.392 e. The van der Waals surface area contributed by atoms with E-state index in [1.165, 1.54) is 6.33 Å². The lowest BCUT2D eigenvalue weighted by Gasteiger charge is -2.36. The van der Waals surface area contributed by atoms with Crippen LogP contribution in [0.4, 0.5) is 22.0 Å². The Kier molecular flexibility index (Phi) is 10.3. The van der Waals surface area contributed by atoms with Gasteiger partial charge in [-0.25, -0.2) is 26.9 Å². The Labute approximate surface area is 286 Å². The summed E-state index contributed by atoms with van der Waals surface area (Å²) in [4.78, 5) is 16.5. The average molecular weight is 719 g/mol. The molecular weight excluding hydrogens is 692 g/mol. The fourth-order valence-corrected chi connectivity index (χ4v) is 5.80. The first kappa shape index (κ1) is 34.5. The normalized spacial score (nSPS) is 17.7. The van der Waals surface area contributed by atoms with Gasteiger partial charge in [-0.1, -0.05) is 89.9 Å². The van der Waals surface area contributed by atoms with Crippen molar-refractivity contribution in [1.29, 1.82) is 0 Å². The smallest absolute Gasteiger partial charge is 0.257 e. The van der Waals surface area contributed by atoms with E-state index in [0.29, 0.717) is 23.7 Å². The summed E-state index contributed by atoms with van der Waals surface area (Å²) in [6, 6.07) is 21.7. The van der Waals surface area contributed by atoms with E-state index in [9.17, 15) is 31.9 Å². The van der Waals surface area contributed by atoms with Gasteiger partial charge in [-0.15, -0.1) is 0 Å². The molecular formula is C35H26Cl2F5N3O4. The molecule has 1 aromatic heterocycles. The van der Waals surface area contributed by atoms with Gasteiger partial charge in [-0.05, 0) is 33.9 Å². The van der Waals surface area contributed by atoms with Crippen LogP contribution >= 0.6 is 23.2 Å². The molecule has 5 aromatic rings. The summed E-state index contributed by atoms with van der Waals surface area (Å²) >= 11 is 12.4. The van der Waals surface area contributed by atoms with Crippen LogP contribution in [0.2, 0.25) is 10.3 Å². The minimum atomic E-state index is -2.34. The molecule has 1 aliphatic heterocycles. The van der Waals surface area contributed by atoms with Gasteiger partial charge in [0.15, 0.2) is 34.7 Å². The summed E-state index contributed by atoms with van der Waals surface area (Å²) in [5.41, 5.74) is 2.86. The van der Waals surface area contributed by atoms with Crippen LogP contribution in [-0.2, 0) is 29.2 Å². The van der Waals surface area contributed by atoms with Crippen LogP contribution in [-0.4, -0.2) is 26.7 Å². The van der Waals surface area contributed by atoms with Gasteiger partial charge in [0.25, 0.3) is 5.91 Å².